The summed E-state index contributed by atoms with van der Waals surface area (Å²) in [7, 11) is 0. The summed E-state index contributed by atoms with van der Waals surface area (Å²) >= 11 is 0. The monoisotopic (exact) mass is 208 g/mol. The summed E-state index contributed by atoms with van der Waals surface area (Å²) in [5.41, 5.74) is 0. The number of amides is 1. The predicted molar refractivity (Wildman–Crippen MR) is 46.0 cm³/mol. The van der Waals surface area contributed by atoms with Crippen LogP contribution in [0.15, 0.2) is 0 Å². The van der Waals surface area contributed by atoms with Gasteiger partial charge < -0.3 is 10.4 Å². The van der Waals surface area contributed by atoms with Gasteiger partial charge in [0.05, 0.1) is 18.7 Å². The zero-order valence-electron chi connectivity index (χ0n) is 7.89. The van der Waals surface area contributed by atoms with Crippen LogP contribution in [0.25, 0.3) is 0 Å². The minimum Gasteiger partial charge on any atom is -0.392 e. The number of rotatable bonds is 3. The van der Waals surface area contributed by atoms with Gasteiger partial charge in [-0.15, -0.1) is 0 Å². The van der Waals surface area contributed by atoms with Gasteiger partial charge >= 0.3 is 0 Å². The third-order valence-electron chi connectivity index (χ3n) is 2.00. The van der Waals surface area contributed by atoms with E-state index in [0.717, 1.165) is 0 Å². The van der Waals surface area contributed by atoms with E-state index in [0.29, 0.717) is 0 Å². The third-order valence-corrected chi connectivity index (χ3v) is 2.00. The summed E-state index contributed by atoms with van der Waals surface area (Å²) in [4.78, 5) is 11.2. The van der Waals surface area contributed by atoms with E-state index in [4.69, 9.17) is 5.11 Å². The second kappa shape index (κ2) is 4.18. The smallest absolute Gasteiger partial charge is 0.262 e. The molecule has 1 rings (SSSR count). The predicted octanol–water partition coefficient (Wildman–Crippen LogP) is -0.519. The average molecular weight is 208 g/mol. The Balaban J connectivity index is 2.33. The van der Waals surface area contributed by atoms with Crippen molar-refractivity contribution in [3.05, 3.63) is 0 Å². The van der Waals surface area contributed by atoms with Crippen LogP contribution in [-0.4, -0.2) is 42.2 Å². The Morgan fingerprint density at radius 3 is 2.86 bits per heavy atom. The van der Waals surface area contributed by atoms with Crippen molar-refractivity contribution in [2.24, 2.45) is 0 Å². The number of halogens is 2. The first-order valence-electron chi connectivity index (χ1n) is 4.48. The summed E-state index contributed by atoms with van der Waals surface area (Å²) in [6, 6.07) is -0.844. The van der Waals surface area contributed by atoms with E-state index in [1.165, 1.54) is 6.92 Å². The van der Waals surface area contributed by atoms with Crippen LogP contribution >= 0.6 is 0 Å². The lowest BCUT2D eigenvalue weighted by Gasteiger charge is -2.12. The summed E-state index contributed by atoms with van der Waals surface area (Å²) in [6.45, 7) is 1.14. The van der Waals surface area contributed by atoms with Crippen LogP contribution in [0.5, 0.6) is 0 Å². The Labute approximate surface area is 80.7 Å². The first-order valence-corrected chi connectivity index (χ1v) is 4.48. The fourth-order valence-corrected chi connectivity index (χ4v) is 1.27. The van der Waals surface area contributed by atoms with E-state index in [1.54, 1.807) is 0 Å². The van der Waals surface area contributed by atoms with E-state index in [9.17, 15) is 13.6 Å². The van der Waals surface area contributed by atoms with Gasteiger partial charge in [0, 0.05) is 13.0 Å². The molecule has 1 heterocycles. The topological polar surface area (TPSA) is 61.4 Å². The molecule has 0 bridgehead atoms. The number of hydrogen-bond donors (Lipinski definition) is 3. The SMILES string of the molecule is CC(O)CNC(=O)C1CC(F)(F)CN1. The minimum atomic E-state index is -2.80. The van der Waals surface area contributed by atoms with Gasteiger partial charge in [0.2, 0.25) is 5.91 Å². The molecule has 6 heteroatoms. The summed E-state index contributed by atoms with van der Waals surface area (Å²) in [5, 5.41) is 13.7. The number of aliphatic hydroxyl groups excluding tert-OH is 1. The highest BCUT2D eigenvalue weighted by atomic mass is 19.3. The average Bonchev–Trinajstić information content (AvgIpc) is 2.41. The number of alkyl halides is 2. The highest BCUT2D eigenvalue weighted by Gasteiger charge is 2.42. The normalized spacial score (nSPS) is 27.3. The van der Waals surface area contributed by atoms with Gasteiger partial charge in [-0.2, -0.15) is 0 Å². The largest absolute Gasteiger partial charge is 0.392 e. The van der Waals surface area contributed by atoms with Crippen molar-refractivity contribution < 1.29 is 18.7 Å². The molecule has 1 aliphatic heterocycles. The molecule has 1 fully saturated rings. The van der Waals surface area contributed by atoms with Crippen molar-refractivity contribution in [1.82, 2.24) is 10.6 Å². The lowest BCUT2D eigenvalue weighted by Crippen LogP contribution is -2.42. The van der Waals surface area contributed by atoms with Gasteiger partial charge in [-0.25, -0.2) is 8.78 Å². The van der Waals surface area contributed by atoms with Gasteiger partial charge in [0.15, 0.2) is 0 Å². The molecule has 0 radical (unpaired) electrons. The molecule has 0 spiro atoms. The number of nitrogens with one attached hydrogen (secondary N) is 2. The summed E-state index contributed by atoms with van der Waals surface area (Å²) in [6.07, 6.45) is -1.14. The van der Waals surface area contributed by atoms with Crippen molar-refractivity contribution in [3.63, 3.8) is 0 Å². The van der Waals surface area contributed by atoms with Gasteiger partial charge in [0.1, 0.15) is 0 Å². The third kappa shape index (κ3) is 3.19. The zero-order chi connectivity index (χ0) is 10.8. The summed E-state index contributed by atoms with van der Waals surface area (Å²) in [5.74, 6) is -3.28. The molecule has 3 N–H and O–H groups in total. The lowest BCUT2D eigenvalue weighted by molar-refractivity contribution is -0.123. The molecule has 0 saturated carbocycles. The van der Waals surface area contributed by atoms with Crippen molar-refractivity contribution in [1.29, 1.82) is 0 Å². The van der Waals surface area contributed by atoms with Crippen LogP contribution in [0.1, 0.15) is 13.3 Å². The van der Waals surface area contributed by atoms with E-state index in [1.807, 2.05) is 0 Å². The maximum Gasteiger partial charge on any atom is 0.262 e. The molecule has 1 saturated heterocycles. The fourth-order valence-electron chi connectivity index (χ4n) is 1.27. The molecule has 14 heavy (non-hydrogen) atoms. The quantitative estimate of drug-likeness (QED) is 0.585. The Kier molecular flexibility index (Phi) is 3.38. The van der Waals surface area contributed by atoms with Crippen LogP contribution in [0, 0.1) is 0 Å². The van der Waals surface area contributed by atoms with Crippen molar-refractivity contribution in [2.45, 2.75) is 31.4 Å². The van der Waals surface area contributed by atoms with Crippen molar-refractivity contribution in [3.8, 4) is 0 Å². The molecule has 1 aliphatic rings. The van der Waals surface area contributed by atoms with Crippen LogP contribution in [0.2, 0.25) is 0 Å². The Morgan fingerprint density at radius 2 is 2.43 bits per heavy atom. The number of aliphatic hydroxyl groups is 1. The maximum absolute atomic E-state index is 12.7. The molecule has 0 aromatic carbocycles. The van der Waals surface area contributed by atoms with Crippen LogP contribution in [-0.2, 0) is 4.79 Å². The first-order chi connectivity index (χ1) is 6.41. The highest BCUT2D eigenvalue weighted by Crippen LogP contribution is 2.24. The minimum absolute atomic E-state index is 0.0859. The van der Waals surface area contributed by atoms with Crippen molar-refractivity contribution >= 4 is 5.91 Å². The van der Waals surface area contributed by atoms with Gasteiger partial charge in [0.25, 0.3) is 5.92 Å². The molecule has 0 aliphatic carbocycles. The Hall–Kier alpha value is -0.750. The molecule has 0 aromatic heterocycles. The molecular formula is C8H14F2N2O2. The van der Waals surface area contributed by atoms with E-state index >= 15 is 0 Å². The lowest BCUT2D eigenvalue weighted by atomic mass is 10.2. The molecule has 1 amide bonds. The number of hydrogen-bond acceptors (Lipinski definition) is 3. The van der Waals surface area contributed by atoms with E-state index in [2.05, 4.69) is 10.6 Å². The van der Waals surface area contributed by atoms with Crippen LogP contribution in [0.3, 0.4) is 0 Å². The standard InChI is InChI=1S/C8H14F2N2O2/c1-5(13)3-11-7(14)6-2-8(9,10)4-12-6/h5-6,12-13H,2-4H2,1H3,(H,11,14). The molecule has 2 atom stereocenters. The second-order valence-electron chi connectivity index (χ2n) is 3.59. The highest BCUT2D eigenvalue weighted by molar-refractivity contribution is 5.82. The molecule has 82 valence electrons. The van der Waals surface area contributed by atoms with E-state index in [-0.39, 0.29) is 6.54 Å². The molecular weight excluding hydrogens is 194 g/mol. The maximum atomic E-state index is 12.7. The summed E-state index contributed by atoms with van der Waals surface area (Å²) < 4.78 is 25.3. The Bertz CT molecular complexity index is 221. The Morgan fingerprint density at radius 1 is 1.79 bits per heavy atom. The molecule has 0 aromatic rings. The second-order valence-corrected chi connectivity index (χ2v) is 3.59. The van der Waals surface area contributed by atoms with Crippen LogP contribution < -0.4 is 10.6 Å². The molecule has 4 nitrogen and oxygen atoms in total. The van der Waals surface area contributed by atoms with E-state index < -0.39 is 36.9 Å². The van der Waals surface area contributed by atoms with Crippen LogP contribution in [0.4, 0.5) is 8.78 Å². The first kappa shape index (κ1) is 11.3. The zero-order valence-corrected chi connectivity index (χ0v) is 7.89. The van der Waals surface area contributed by atoms with Gasteiger partial charge in [-0.3, -0.25) is 10.1 Å². The van der Waals surface area contributed by atoms with Gasteiger partial charge in [-0.05, 0) is 6.92 Å². The molecule has 2 unspecified atom stereocenters. The fraction of sp³-hybridized carbons (Fsp3) is 0.875. The number of carbonyl (C=O) groups is 1. The number of carbonyl (C=O) groups excluding carboxylic acids is 1. The van der Waals surface area contributed by atoms with Crippen molar-refractivity contribution in [2.75, 3.05) is 13.1 Å². The van der Waals surface area contributed by atoms with Gasteiger partial charge in [-0.1, -0.05) is 0 Å².